The SMILES string of the molecule is CC/C=C\C/C=C\C/C=C\C/C=C\C/C=C\C/C=C\C/C=C\C/C=C\CCCCCCCCCCC(=O)OCC(COC(=O)CCCCCCCCC)OC(=O)CCCCCCC/C=C\C/C=C\CCCCC. The maximum absolute atomic E-state index is 12.8. The zero-order chi connectivity index (χ0) is 52.9. The van der Waals surface area contributed by atoms with Gasteiger partial charge in [-0.15, -0.1) is 0 Å². The first-order valence-electron chi connectivity index (χ1n) is 30.0. The molecular formula is C67H110O6. The van der Waals surface area contributed by atoms with Gasteiger partial charge in [0.2, 0.25) is 0 Å². The van der Waals surface area contributed by atoms with Crippen LogP contribution in [0.3, 0.4) is 0 Å². The van der Waals surface area contributed by atoms with Gasteiger partial charge in [0.25, 0.3) is 0 Å². The molecule has 0 radical (unpaired) electrons. The zero-order valence-electron chi connectivity index (χ0n) is 47.4. The molecule has 1 atom stereocenters. The lowest BCUT2D eigenvalue weighted by Gasteiger charge is -2.18. The molecule has 0 rings (SSSR count). The van der Waals surface area contributed by atoms with Gasteiger partial charge in [-0.1, -0.05) is 251 Å². The van der Waals surface area contributed by atoms with E-state index in [1.165, 1.54) is 83.5 Å². The molecule has 414 valence electrons. The van der Waals surface area contributed by atoms with E-state index in [0.717, 1.165) is 141 Å². The van der Waals surface area contributed by atoms with Gasteiger partial charge in [-0.2, -0.15) is 0 Å². The van der Waals surface area contributed by atoms with Crippen molar-refractivity contribution >= 4 is 17.9 Å². The van der Waals surface area contributed by atoms with Gasteiger partial charge < -0.3 is 14.2 Å². The Morgan fingerprint density at radius 1 is 0.288 bits per heavy atom. The summed E-state index contributed by atoms with van der Waals surface area (Å²) < 4.78 is 16.8. The highest BCUT2D eigenvalue weighted by Gasteiger charge is 2.19. The van der Waals surface area contributed by atoms with Crippen molar-refractivity contribution in [3.05, 3.63) is 122 Å². The number of carbonyl (C=O) groups excluding carboxylic acids is 3. The van der Waals surface area contributed by atoms with Gasteiger partial charge >= 0.3 is 17.9 Å². The fourth-order valence-electron chi connectivity index (χ4n) is 7.96. The van der Waals surface area contributed by atoms with Crippen molar-refractivity contribution < 1.29 is 28.6 Å². The van der Waals surface area contributed by atoms with Gasteiger partial charge in [0.05, 0.1) is 0 Å². The smallest absolute Gasteiger partial charge is 0.306 e. The minimum atomic E-state index is -0.788. The molecule has 0 saturated carbocycles. The molecule has 0 heterocycles. The first-order chi connectivity index (χ1) is 36.0. The zero-order valence-corrected chi connectivity index (χ0v) is 47.4. The topological polar surface area (TPSA) is 78.9 Å². The molecule has 0 spiro atoms. The summed E-state index contributed by atoms with van der Waals surface area (Å²) >= 11 is 0. The van der Waals surface area contributed by atoms with Gasteiger partial charge in [-0.3, -0.25) is 14.4 Å². The van der Waals surface area contributed by atoms with Gasteiger partial charge in [-0.05, 0) is 116 Å². The van der Waals surface area contributed by atoms with Crippen molar-refractivity contribution in [2.24, 2.45) is 0 Å². The Bertz CT molecular complexity index is 1540. The molecule has 0 aliphatic rings. The third-order valence-electron chi connectivity index (χ3n) is 12.5. The van der Waals surface area contributed by atoms with Gasteiger partial charge in [0, 0.05) is 19.3 Å². The van der Waals surface area contributed by atoms with E-state index in [4.69, 9.17) is 14.2 Å². The highest BCUT2D eigenvalue weighted by Crippen LogP contribution is 2.14. The summed E-state index contributed by atoms with van der Waals surface area (Å²) in [6.45, 7) is 6.43. The highest BCUT2D eigenvalue weighted by molar-refractivity contribution is 5.71. The molecule has 6 nitrogen and oxygen atoms in total. The van der Waals surface area contributed by atoms with Crippen molar-refractivity contribution in [3.63, 3.8) is 0 Å². The Labute approximate surface area is 450 Å². The number of rotatable bonds is 53. The molecule has 0 fully saturated rings. The van der Waals surface area contributed by atoms with E-state index in [1.807, 2.05) is 0 Å². The third kappa shape index (κ3) is 58.6. The second-order valence-electron chi connectivity index (χ2n) is 19.5. The van der Waals surface area contributed by atoms with Crippen LogP contribution in [-0.4, -0.2) is 37.2 Å². The van der Waals surface area contributed by atoms with E-state index in [0.29, 0.717) is 19.3 Å². The first-order valence-corrected chi connectivity index (χ1v) is 30.0. The Hall–Kier alpha value is -4.19. The Morgan fingerprint density at radius 3 is 0.863 bits per heavy atom. The molecule has 0 N–H and O–H groups in total. The summed E-state index contributed by atoms with van der Waals surface area (Å²) in [6, 6.07) is 0. The van der Waals surface area contributed by atoms with Crippen molar-refractivity contribution in [3.8, 4) is 0 Å². The van der Waals surface area contributed by atoms with E-state index >= 15 is 0 Å². The first kappa shape index (κ1) is 68.8. The fraction of sp³-hybridized carbons (Fsp3) is 0.657. The maximum Gasteiger partial charge on any atom is 0.306 e. The quantitative estimate of drug-likeness (QED) is 0.0261. The lowest BCUT2D eigenvalue weighted by atomic mass is 10.1. The van der Waals surface area contributed by atoms with Crippen LogP contribution in [0.5, 0.6) is 0 Å². The number of hydrogen-bond acceptors (Lipinski definition) is 6. The molecule has 0 aliphatic heterocycles. The predicted octanol–water partition coefficient (Wildman–Crippen LogP) is 20.4. The second-order valence-corrected chi connectivity index (χ2v) is 19.5. The Balaban J connectivity index is 4.15. The average molecular weight is 1010 g/mol. The molecule has 0 aliphatic carbocycles. The van der Waals surface area contributed by atoms with E-state index in [-0.39, 0.29) is 31.1 Å². The lowest BCUT2D eigenvalue weighted by molar-refractivity contribution is -0.167. The molecule has 1 unspecified atom stereocenters. The third-order valence-corrected chi connectivity index (χ3v) is 12.5. The number of esters is 3. The van der Waals surface area contributed by atoms with Crippen LogP contribution in [0.1, 0.15) is 265 Å². The van der Waals surface area contributed by atoms with Crippen LogP contribution in [0.25, 0.3) is 0 Å². The van der Waals surface area contributed by atoms with E-state index in [9.17, 15) is 14.4 Å². The summed E-state index contributed by atoms with van der Waals surface area (Å²) in [5, 5.41) is 0. The molecule has 73 heavy (non-hydrogen) atoms. The van der Waals surface area contributed by atoms with Crippen molar-refractivity contribution in [2.45, 2.75) is 271 Å². The lowest BCUT2D eigenvalue weighted by Crippen LogP contribution is -2.30. The summed E-state index contributed by atoms with van der Waals surface area (Å²) in [7, 11) is 0. The van der Waals surface area contributed by atoms with Crippen LogP contribution >= 0.6 is 0 Å². The fourth-order valence-corrected chi connectivity index (χ4v) is 7.96. The molecular weight excluding hydrogens is 901 g/mol. The van der Waals surface area contributed by atoms with Crippen LogP contribution in [0, 0.1) is 0 Å². The monoisotopic (exact) mass is 1010 g/mol. The van der Waals surface area contributed by atoms with Gasteiger partial charge in [0.15, 0.2) is 6.10 Å². The molecule has 6 heteroatoms. The minimum Gasteiger partial charge on any atom is -0.462 e. The normalized spacial score (nSPS) is 13.0. The van der Waals surface area contributed by atoms with Crippen molar-refractivity contribution in [1.82, 2.24) is 0 Å². The second kappa shape index (κ2) is 60.4. The van der Waals surface area contributed by atoms with Crippen molar-refractivity contribution in [1.29, 1.82) is 0 Å². The molecule has 0 aromatic rings. The predicted molar refractivity (Wildman–Crippen MR) is 316 cm³/mol. The minimum absolute atomic E-state index is 0.0868. The molecule has 0 aromatic carbocycles. The maximum atomic E-state index is 12.8. The summed E-state index contributed by atoms with van der Waals surface area (Å²) in [6.07, 6.45) is 83.6. The van der Waals surface area contributed by atoms with E-state index in [1.54, 1.807) is 0 Å². The standard InChI is InChI=1S/C67H110O6/c1-4-7-10-13-16-18-20-22-24-25-26-27-28-29-30-31-32-33-34-35-36-37-38-39-40-41-43-44-46-48-51-54-57-60-66(69)72-63-64(62-71-65(68)59-56-53-50-15-12-9-6-3)73-67(70)61-58-55-52-49-47-45-42-23-21-19-17-14-11-8-5-2/h7,10,16-19,22-24,26-27,29-30,32-33,35-36,38-39,42,64H,4-6,8-9,11-15,20-21,25,28,31,34,37,40-41,43-63H2,1-3H3/b10-7-,18-16-,19-17-,24-22-,27-26-,30-29-,33-32-,36-35-,39-38-,42-23-. The molecule has 0 aromatic heterocycles. The van der Waals surface area contributed by atoms with Crippen LogP contribution < -0.4 is 0 Å². The Morgan fingerprint density at radius 2 is 0.534 bits per heavy atom. The van der Waals surface area contributed by atoms with Crippen LogP contribution in [0.2, 0.25) is 0 Å². The number of hydrogen-bond donors (Lipinski definition) is 0. The number of allylic oxidation sites excluding steroid dienone is 20. The highest BCUT2D eigenvalue weighted by atomic mass is 16.6. The van der Waals surface area contributed by atoms with Gasteiger partial charge in [-0.25, -0.2) is 0 Å². The van der Waals surface area contributed by atoms with E-state index < -0.39 is 6.10 Å². The van der Waals surface area contributed by atoms with Gasteiger partial charge in [0.1, 0.15) is 13.2 Å². The van der Waals surface area contributed by atoms with Crippen LogP contribution in [-0.2, 0) is 28.6 Å². The number of unbranched alkanes of at least 4 members (excludes halogenated alkanes) is 22. The van der Waals surface area contributed by atoms with Crippen molar-refractivity contribution in [2.75, 3.05) is 13.2 Å². The number of carbonyl (C=O) groups is 3. The Kier molecular flexibility index (Phi) is 56.9. The molecule has 0 amide bonds. The summed E-state index contributed by atoms with van der Waals surface area (Å²) in [4.78, 5) is 37.9. The van der Waals surface area contributed by atoms with E-state index in [2.05, 4.69) is 142 Å². The largest absolute Gasteiger partial charge is 0.462 e. The summed E-state index contributed by atoms with van der Waals surface area (Å²) in [5.74, 6) is -0.917. The van der Waals surface area contributed by atoms with Crippen LogP contribution in [0.15, 0.2) is 122 Å². The summed E-state index contributed by atoms with van der Waals surface area (Å²) in [5.41, 5.74) is 0. The van der Waals surface area contributed by atoms with Crippen LogP contribution in [0.4, 0.5) is 0 Å². The molecule has 0 bridgehead atoms. The molecule has 0 saturated heterocycles. The number of ether oxygens (including phenoxy) is 3. The average Bonchev–Trinajstić information content (AvgIpc) is 3.39.